The molecule has 38 heavy (non-hydrogen) atoms. The van der Waals surface area contributed by atoms with Crippen LogP contribution in [0.5, 0.6) is 0 Å². The van der Waals surface area contributed by atoms with Crippen LogP contribution in [0.3, 0.4) is 0 Å². The lowest BCUT2D eigenvalue weighted by molar-refractivity contribution is 0.190. The molecular formula is C27H57N9O2. The summed E-state index contributed by atoms with van der Waals surface area (Å²) in [4.78, 5) is 30.2. The van der Waals surface area contributed by atoms with E-state index in [1.807, 2.05) is 34.7 Å². The van der Waals surface area contributed by atoms with E-state index >= 15 is 0 Å². The highest BCUT2D eigenvalue weighted by Crippen LogP contribution is 2.27. The molecule has 4 amide bonds. The topological polar surface area (TPSA) is 168 Å². The Bertz CT molecular complexity index is 744. The minimum atomic E-state index is -0.434. The Morgan fingerprint density at radius 2 is 0.921 bits per heavy atom. The van der Waals surface area contributed by atoms with Crippen LogP contribution < -0.4 is 22.1 Å². The van der Waals surface area contributed by atoms with E-state index in [1.165, 1.54) is 9.80 Å². The molecule has 0 atom stereocenters. The highest BCUT2D eigenvalue weighted by atomic mass is 16.2. The molecule has 0 aliphatic carbocycles. The largest absolute Gasteiger partial charge is 0.370 e. The van der Waals surface area contributed by atoms with Gasteiger partial charge >= 0.3 is 12.1 Å². The molecule has 0 aliphatic heterocycles. The summed E-state index contributed by atoms with van der Waals surface area (Å²) in [7, 11) is 1.95. The third kappa shape index (κ3) is 15.6. The minimum absolute atomic E-state index is 0.0435. The summed E-state index contributed by atoms with van der Waals surface area (Å²) < 4.78 is 0. The number of amides is 4. The Morgan fingerprint density at radius 3 is 1.16 bits per heavy atom. The lowest BCUT2D eigenvalue weighted by Gasteiger charge is -2.35. The van der Waals surface area contributed by atoms with Crippen molar-refractivity contribution in [3.8, 4) is 0 Å². The number of hydrogen-bond donors (Lipinski definition) is 6. The van der Waals surface area contributed by atoms with Gasteiger partial charge in [-0.25, -0.2) is 9.59 Å². The molecule has 8 N–H and O–H groups in total. The SMILES string of the molecule is CN(CCCN(C(=N)N)C(=O)NC(C)(C)CC(C)(C)C)CCCN(C(=N)N)C(=O)NC(C)(C)CC(C)(C)C. The Hall–Kier alpha value is -2.56. The van der Waals surface area contributed by atoms with Gasteiger partial charge in [-0.05, 0) is 84.3 Å². The maximum Gasteiger partial charge on any atom is 0.324 e. The number of carbonyl (C=O) groups excluding carboxylic acids is 2. The molecule has 0 unspecified atom stereocenters. The van der Waals surface area contributed by atoms with Gasteiger partial charge < -0.3 is 27.0 Å². The number of rotatable bonds is 12. The third-order valence-electron chi connectivity index (χ3n) is 5.75. The molecule has 0 spiro atoms. The third-order valence-corrected chi connectivity index (χ3v) is 5.75. The second-order valence-electron chi connectivity index (χ2n) is 14.2. The van der Waals surface area contributed by atoms with Gasteiger partial charge in [0.05, 0.1) is 0 Å². The normalized spacial score (nSPS) is 12.7. The molecule has 11 heteroatoms. The molecule has 0 aromatic heterocycles. The van der Waals surface area contributed by atoms with E-state index in [0.29, 0.717) is 39.0 Å². The van der Waals surface area contributed by atoms with E-state index in [9.17, 15) is 9.59 Å². The fraction of sp³-hybridized carbons (Fsp3) is 0.852. The molecule has 0 bridgehead atoms. The van der Waals surface area contributed by atoms with Crippen LogP contribution in [-0.2, 0) is 0 Å². The predicted octanol–water partition coefficient (Wildman–Crippen LogP) is 3.94. The number of urea groups is 2. The predicted molar refractivity (Wildman–Crippen MR) is 157 cm³/mol. The van der Waals surface area contributed by atoms with Gasteiger partial charge in [-0.2, -0.15) is 0 Å². The molecular weight excluding hydrogens is 482 g/mol. The van der Waals surface area contributed by atoms with Crippen molar-refractivity contribution < 1.29 is 9.59 Å². The van der Waals surface area contributed by atoms with Crippen molar-refractivity contribution in [3.63, 3.8) is 0 Å². The number of hydrogen-bond acceptors (Lipinski definition) is 5. The molecule has 0 aliphatic rings. The second kappa shape index (κ2) is 14.0. The van der Waals surface area contributed by atoms with Crippen molar-refractivity contribution in [2.45, 2.75) is 106 Å². The Kier molecular flexibility index (Phi) is 13.1. The highest BCUT2D eigenvalue weighted by Gasteiger charge is 2.30. The lowest BCUT2D eigenvalue weighted by Crippen LogP contribution is -2.55. The summed E-state index contributed by atoms with van der Waals surface area (Å²) in [6, 6.07) is -0.737. The van der Waals surface area contributed by atoms with E-state index in [4.69, 9.17) is 22.3 Å². The Labute approximate surface area is 231 Å². The van der Waals surface area contributed by atoms with Crippen molar-refractivity contribution in [2.75, 3.05) is 33.2 Å². The Balaban J connectivity index is 4.78. The molecule has 0 radical (unpaired) electrons. The molecule has 0 rings (SSSR count). The Morgan fingerprint density at radius 1 is 0.632 bits per heavy atom. The molecule has 222 valence electrons. The number of nitrogens with two attached hydrogens (primary N) is 2. The van der Waals surface area contributed by atoms with Gasteiger partial charge in [0, 0.05) is 24.2 Å². The molecule has 0 heterocycles. The fourth-order valence-corrected chi connectivity index (χ4v) is 5.23. The molecule has 0 aromatic rings. The van der Waals surface area contributed by atoms with E-state index in [1.54, 1.807) is 0 Å². The van der Waals surface area contributed by atoms with E-state index < -0.39 is 11.1 Å². The van der Waals surface area contributed by atoms with Gasteiger partial charge in [0.25, 0.3) is 0 Å². The first kappa shape index (κ1) is 35.4. The van der Waals surface area contributed by atoms with Crippen LogP contribution in [0.4, 0.5) is 9.59 Å². The van der Waals surface area contributed by atoms with Gasteiger partial charge in [-0.3, -0.25) is 20.6 Å². The number of nitrogens with zero attached hydrogens (tertiary/aromatic N) is 3. The smallest absolute Gasteiger partial charge is 0.324 e. The zero-order valence-electron chi connectivity index (χ0n) is 26.0. The van der Waals surface area contributed by atoms with Crippen LogP contribution >= 0.6 is 0 Å². The maximum absolute atomic E-state index is 12.8. The van der Waals surface area contributed by atoms with Crippen LogP contribution in [0.1, 0.15) is 94.9 Å². The van der Waals surface area contributed by atoms with E-state index in [0.717, 1.165) is 12.8 Å². The van der Waals surface area contributed by atoms with Crippen molar-refractivity contribution in [3.05, 3.63) is 0 Å². The van der Waals surface area contributed by atoms with E-state index in [-0.39, 0.29) is 34.8 Å². The average molecular weight is 540 g/mol. The highest BCUT2D eigenvalue weighted by molar-refractivity contribution is 5.94. The summed E-state index contributed by atoms with van der Waals surface area (Å²) >= 11 is 0. The van der Waals surface area contributed by atoms with Crippen LogP contribution in [0, 0.1) is 21.6 Å². The lowest BCUT2D eigenvalue weighted by atomic mass is 9.82. The van der Waals surface area contributed by atoms with E-state index in [2.05, 4.69) is 57.1 Å². The van der Waals surface area contributed by atoms with Gasteiger partial charge in [-0.1, -0.05) is 41.5 Å². The second-order valence-corrected chi connectivity index (χ2v) is 14.2. The van der Waals surface area contributed by atoms with Gasteiger partial charge in [0.15, 0.2) is 11.9 Å². The molecule has 11 nitrogen and oxygen atoms in total. The monoisotopic (exact) mass is 539 g/mol. The van der Waals surface area contributed by atoms with Crippen LogP contribution in [0.2, 0.25) is 0 Å². The number of guanidine groups is 2. The molecule has 0 aromatic carbocycles. The van der Waals surface area contributed by atoms with Gasteiger partial charge in [0.2, 0.25) is 0 Å². The first-order chi connectivity index (χ1) is 16.9. The van der Waals surface area contributed by atoms with Gasteiger partial charge in [-0.15, -0.1) is 0 Å². The summed E-state index contributed by atoms with van der Waals surface area (Å²) in [5.74, 6) is -0.566. The number of nitrogens with one attached hydrogen (secondary N) is 4. The summed E-state index contributed by atoms with van der Waals surface area (Å²) in [6.45, 7) is 22.6. The maximum atomic E-state index is 12.8. The van der Waals surface area contributed by atoms with Crippen LogP contribution in [0.25, 0.3) is 0 Å². The zero-order chi connectivity index (χ0) is 30.1. The first-order valence-corrected chi connectivity index (χ1v) is 13.5. The average Bonchev–Trinajstić information content (AvgIpc) is 2.62. The number of carbonyl (C=O) groups is 2. The first-order valence-electron chi connectivity index (χ1n) is 13.5. The van der Waals surface area contributed by atoms with Crippen molar-refractivity contribution in [2.24, 2.45) is 22.3 Å². The van der Waals surface area contributed by atoms with Crippen LogP contribution in [-0.4, -0.2) is 83.0 Å². The molecule has 0 saturated carbocycles. The summed E-state index contributed by atoms with van der Waals surface area (Å²) in [6.07, 6.45) is 2.81. The fourth-order valence-electron chi connectivity index (χ4n) is 5.23. The quantitative estimate of drug-likeness (QED) is 0.163. The van der Waals surface area contributed by atoms with Crippen molar-refractivity contribution in [1.82, 2.24) is 25.3 Å². The van der Waals surface area contributed by atoms with Gasteiger partial charge in [0.1, 0.15) is 0 Å². The summed E-state index contributed by atoms with van der Waals surface area (Å²) in [5.41, 5.74) is 10.6. The van der Waals surface area contributed by atoms with Crippen LogP contribution in [0.15, 0.2) is 0 Å². The van der Waals surface area contributed by atoms with Crippen molar-refractivity contribution in [1.29, 1.82) is 10.8 Å². The molecule has 0 fully saturated rings. The summed E-state index contributed by atoms with van der Waals surface area (Å²) in [5, 5.41) is 21.7. The standard InChI is InChI=1S/C27H57N9O2/c1-24(2,3)18-26(7,8)32-22(37)35(20(28)29)16-12-14-34(11)15-13-17-36(21(30)31)23(38)33-27(9,10)19-25(4,5)6/h12-19H2,1-11H3,(H3,28,29)(H3,30,31)(H,32,37)(H,33,38). The minimum Gasteiger partial charge on any atom is -0.370 e. The van der Waals surface area contributed by atoms with Crippen molar-refractivity contribution >= 4 is 24.0 Å². The molecule has 0 saturated heterocycles. The zero-order valence-corrected chi connectivity index (χ0v) is 26.0.